The van der Waals surface area contributed by atoms with E-state index in [-0.39, 0.29) is 57.0 Å². The zero-order valence-corrected chi connectivity index (χ0v) is 23.3. The number of ether oxygens (including phenoxy) is 1. The number of aromatic nitrogens is 1. The summed E-state index contributed by atoms with van der Waals surface area (Å²) in [5.74, 6) is -3.40. The van der Waals surface area contributed by atoms with Gasteiger partial charge < -0.3 is 20.6 Å². The molecule has 1 aromatic carbocycles. The molecule has 218 valence electrons. The van der Waals surface area contributed by atoms with Gasteiger partial charge in [0.1, 0.15) is 18.3 Å². The Labute approximate surface area is 260 Å². The number of nitrogens with one attached hydrogen (secondary N) is 1. The number of benzene rings is 1. The first-order valence-electron chi connectivity index (χ1n) is 11.5. The van der Waals surface area contributed by atoms with Crippen LogP contribution in [0.5, 0.6) is 0 Å². The van der Waals surface area contributed by atoms with E-state index in [4.69, 9.17) is 15.3 Å². The van der Waals surface area contributed by atoms with Crippen LogP contribution in [0.25, 0.3) is 0 Å². The zero-order valence-electron chi connectivity index (χ0n) is 21.6. The number of nitro benzene ring substituents is 1. The van der Waals surface area contributed by atoms with E-state index in [0.717, 1.165) is 11.3 Å². The summed E-state index contributed by atoms with van der Waals surface area (Å²) in [6.45, 7) is 5.59. The molecule has 4 N–H and O–H groups in total. The van der Waals surface area contributed by atoms with Crippen molar-refractivity contribution in [1.29, 1.82) is 0 Å². The van der Waals surface area contributed by atoms with Crippen LogP contribution in [0.3, 0.4) is 0 Å². The van der Waals surface area contributed by atoms with Crippen molar-refractivity contribution in [3.8, 4) is 0 Å². The van der Waals surface area contributed by atoms with Crippen LogP contribution in [-0.2, 0) is 40.9 Å². The monoisotopic (exact) mass is 622 g/mol. The number of nitrogens with zero attached hydrogens (tertiary/aromatic N) is 4. The van der Waals surface area contributed by atoms with Gasteiger partial charge in [0.15, 0.2) is 10.8 Å². The van der Waals surface area contributed by atoms with Gasteiger partial charge in [-0.1, -0.05) is 19.0 Å². The van der Waals surface area contributed by atoms with E-state index in [1.165, 1.54) is 43.5 Å². The van der Waals surface area contributed by atoms with Crippen molar-refractivity contribution in [3.63, 3.8) is 0 Å². The third-order valence-corrected chi connectivity index (χ3v) is 7.26. The standard InChI is InChI=1S/C22H26N6O10S2.Na.H/c1-11(2)17-16(19(30)27(17)40(34,35)36)25-18(29)15(14-10-39-21(23)24-14)26-38-22(3,4)20(31)37-9-12-5-7-13(8-6-12)28(32)33;;/h5-8,10-11,16-17H,9H2,1-4H3,(H2,23,24)(H,25,29)(H,34,35,36);;/b26-15-;;. The summed E-state index contributed by atoms with van der Waals surface area (Å²) in [6.07, 6.45) is 0. The summed E-state index contributed by atoms with van der Waals surface area (Å²) in [4.78, 5) is 57.8. The molecular formula is C22H27N6NaO10S2. The Bertz CT molecular complexity index is 1460. The van der Waals surface area contributed by atoms with Gasteiger partial charge in [0.2, 0.25) is 5.60 Å². The van der Waals surface area contributed by atoms with Crippen molar-refractivity contribution < 1.29 is 41.9 Å². The number of thiazole rings is 1. The molecule has 19 heteroatoms. The van der Waals surface area contributed by atoms with Crippen LogP contribution in [0.15, 0.2) is 34.8 Å². The molecule has 1 saturated heterocycles. The molecule has 0 bridgehead atoms. The fourth-order valence-electron chi connectivity index (χ4n) is 3.60. The fourth-order valence-corrected chi connectivity index (χ4v) is 5.16. The molecule has 1 aliphatic heterocycles. The summed E-state index contributed by atoms with van der Waals surface area (Å²) in [5, 5.41) is 18.4. The molecule has 0 spiro atoms. The normalized spacial score (nSPS) is 17.4. The minimum absolute atomic E-state index is 0. The summed E-state index contributed by atoms with van der Waals surface area (Å²) < 4.78 is 38.1. The van der Waals surface area contributed by atoms with Crippen molar-refractivity contribution in [1.82, 2.24) is 14.6 Å². The van der Waals surface area contributed by atoms with Crippen LogP contribution in [0.1, 0.15) is 39.0 Å². The first-order chi connectivity index (χ1) is 18.5. The van der Waals surface area contributed by atoms with E-state index in [9.17, 15) is 37.5 Å². The van der Waals surface area contributed by atoms with Gasteiger partial charge in [0.25, 0.3) is 17.5 Å². The van der Waals surface area contributed by atoms with Crippen molar-refractivity contribution in [2.24, 2.45) is 11.1 Å². The average molecular weight is 623 g/mol. The Morgan fingerprint density at radius 3 is 2.41 bits per heavy atom. The van der Waals surface area contributed by atoms with Crippen LogP contribution in [0, 0.1) is 16.0 Å². The molecular weight excluding hydrogens is 595 g/mol. The molecule has 2 amide bonds. The number of non-ortho nitro benzene ring substituents is 1. The molecule has 1 fully saturated rings. The average Bonchev–Trinajstić information content (AvgIpc) is 3.28. The third kappa shape index (κ3) is 7.98. The Balaban J connectivity index is 0.00000588. The van der Waals surface area contributed by atoms with E-state index < -0.39 is 62.3 Å². The number of rotatable bonds is 11. The maximum atomic E-state index is 13.2. The second kappa shape index (κ2) is 13.2. The second-order valence-electron chi connectivity index (χ2n) is 9.41. The number of nitro groups is 1. The maximum absolute atomic E-state index is 13.2. The SMILES string of the molecule is CC(C)C1C(NC(=O)/C(=N\OC(C)(C)C(=O)OCc2ccc([N+](=O)[O-])cc2)c2csc(N)n2)C(=O)N1S(=O)(=O)O.[NaH]. The van der Waals surface area contributed by atoms with Gasteiger partial charge in [0.05, 0.1) is 11.0 Å². The van der Waals surface area contributed by atoms with Crippen LogP contribution in [-0.4, -0.2) is 97.9 Å². The Hall–Kier alpha value is -3.16. The molecule has 1 aromatic heterocycles. The van der Waals surface area contributed by atoms with Gasteiger partial charge >= 0.3 is 45.8 Å². The third-order valence-electron chi connectivity index (χ3n) is 5.67. The molecule has 3 rings (SSSR count). The van der Waals surface area contributed by atoms with Crippen LogP contribution < -0.4 is 11.1 Å². The number of nitrogens with two attached hydrogens (primary N) is 1. The summed E-state index contributed by atoms with van der Waals surface area (Å²) in [5.41, 5.74) is 3.76. The first-order valence-corrected chi connectivity index (χ1v) is 13.8. The predicted octanol–water partition coefficient (Wildman–Crippen LogP) is 0.382. The molecule has 0 aliphatic carbocycles. The molecule has 2 heterocycles. The Kier molecular flexibility index (Phi) is 11.0. The molecule has 41 heavy (non-hydrogen) atoms. The molecule has 16 nitrogen and oxygen atoms in total. The number of anilines is 1. The van der Waals surface area contributed by atoms with Crippen molar-refractivity contribution in [3.05, 3.63) is 51.0 Å². The number of carbonyl (C=O) groups is 3. The summed E-state index contributed by atoms with van der Waals surface area (Å²) >= 11 is 0.976. The predicted molar refractivity (Wildman–Crippen MR) is 147 cm³/mol. The number of nitrogen functional groups attached to an aromatic ring is 1. The van der Waals surface area contributed by atoms with Crippen molar-refractivity contribution >= 4 is 85.5 Å². The minimum atomic E-state index is -4.85. The van der Waals surface area contributed by atoms with Crippen molar-refractivity contribution in [2.45, 2.75) is 52.0 Å². The topological polar surface area (TPSA) is 234 Å². The summed E-state index contributed by atoms with van der Waals surface area (Å²) in [6, 6.07) is 2.97. The van der Waals surface area contributed by atoms with Gasteiger partial charge in [-0.15, -0.1) is 11.3 Å². The van der Waals surface area contributed by atoms with Gasteiger partial charge in [0, 0.05) is 17.5 Å². The van der Waals surface area contributed by atoms with Gasteiger partial charge in [-0.25, -0.2) is 14.1 Å². The van der Waals surface area contributed by atoms with E-state index in [1.54, 1.807) is 13.8 Å². The molecule has 0 saturated carbocycles. The van der Waals surface area contributed by atoms with Gasteiger partial charge in [-0.05, 0) is 37.5 Å². The van der Waals surface area contributed by atoms with Crippen LogP contribution >= 0.6 is 11.3 Å². The second-order valence-corrected chi connectivity index (χ2v) is 11.6. The molecule has 2 unspecified atom stereocenters. The number of β-lactam (4-membered cyclic amide) rings is 1. The van der Waals surface area contributed by atoms with Gasteiger partial charge in [-0.3, -0.25) is 24.3 Å². The number of esters is 1. The number of hydrogen-bond donors (Lipinski definition) is 3. The molecule has 2 aromatic rings. The fraction of sp³-hybridized carbons (Fsp3) is 0.409. The van der Waals surface area contributed by atoms with Crippen molar-refractivity contribution in [2.75, 3.05) is 5.73 Å². The van der Waals surface area contributed by atoms with E-state index >= 15 is 0 Å². The summed E-state index contributed by atoms with van der Waals surface area (Å²) in [7, 11) is -4.85. The van der Waals surface area contributed by atoms with E-state index in [0.29, 0.717) is 5.56 Å². The Morgan fingerprint density at radius 2 is 1.93 bits per heavy atom. The zero-order chi connectivity index (χ0) is 30.0. The number of amides is 2. The van der Waals surface area contributed by atoms with Crippen LogP contribution in [0.4, 0.5) is 10.8 Å². The Morgan fingerprint density at radius 1 is 1.32 bits per heavy atom. The number of oxime groups is 1. The molecule has 1 aliphatic rings. The molecule has 0 radical (unpaired) electrons. The quantitative estimate of drug-likeness (QED) is 0.0587. The van der Waals surface area contributed by atoms with Gasteiger partial charge in [-0.2, -0.15) is 8.42 Å². The first kappa shape index (κ1) is 34.0. The van der Waals surface area contributed by atoms with E-state index in [2.05, 4.69) is 15.5 Å². The number of carbonyl (C=O) groups excluding carboxylic acids is 3. The number of hydrogen-bond acceptors (Lipinski definition) is 13. The van der Waals surface area contributed by atoms with E-state index in [1.807, 2.05) is 0 Å². The van der Waals surface area contributed by atoms with Crippen LogP contribution in [0.2, 0.25) is 0 Å². The molecule has 2 atom stereocenters.